The highest BCUT2D eigenvalue weighted by molar-refractivity contribution is 5.84. The molecule has 1 saturated heterocycles. The first-order chi connectivity index (χ1) is 15.2. The fraction of sp³-hybridized carbons (Fsp3) is 0.364. The van der Waals surface area contributed by atoms with E-state index in [0.29, 0.717) is 24.1 Å². The minimum absolute atomic E-state index is 0.183. The topological polar surface area (TPSA) is 77.5 Å². The molecule has 0 bridgehead atoms. The van der Waals surface area contributed by atoms with Crippen LogP contribution < -0.4 is 5.56 Å². The zero-order valence-electron chi connectivity index (χ0n) is 17.3. The molecule has 0 N–H and O–H groups in total. The molecular formula is C22H23FN6O2. The van der Waals surface area contributed by atoms with Crippen molar-refractivity contribution in [2.75, 3.05) is 32.8 Å². The summed E-state index contributed by atoms with van der Waals surface area (Å²) in [6.07, 6.45) is 2.46. The Balaban J connectivity index is 1.56. The number of halogens is 1. The molecule has 1 aliphatic heterocycles. The summed E-state index contributed by atoms with van der Waals surface area (Å²) >= 11 is 0. The maximum atomic E-state index is 13.4. The van der Waals surface area contributed by atoms with Crippen LogP contribution in [0.5, 0.6) is 0 Å². The van der Waals surface area contributed by atoms with Crippen molar-refractivity contribution in [3.8, 4) is 11.1 Å². The van der Waals surface area contributed by atoms with E-state index >= 15 is 0 Å². The van der Waals surface area contributed by atoms with E-state index in [1.165, 1.54) is 12.1 Å². The summed E-state index contributed by atoms with van der Waals surface area (Å²) in [6, 6.07) is 8.11. The number of hydrogen-bond donors (Lipinski definition) is 0. The quantitative estimate of drug-likeness (QED) is 0.491. The van der Waals surface area contributed by atoms with E-state index < -0.39 is 0 Å². The zero-order chi connectivity index (χ0) is 21.4. The summed E-state index contributed by atoms with van der Waals surface area (Å²) in [5.41, 5.74) is 3.73. The number of aryl methyl sites for hydroxylation is 1. The van der Waals surface area contributed by atoms with Gasteiger partial charge in [0.05, 0.1) is 24.5 Å². The molecule has 8 nitrogen and oxygen atoms in total. The van der Waals surface area contributed by atoms with Crippen LogP contribution in [0.1, 0.15) is 12.6 Å². The molecule has 0 spiro atoms. The average molecular weight is 422 g/mol. The van der Waals surface area contributed by atoms with Gasteiger partial charge >= 0.3 is 0 Å². The summed E-state index contributed by atoms with van der Waals surface area (Å²) in [5, 5.41) is 13.3. The second kappa shape index (κ2) is 8.16. The van der Waals surface area contributed by atoms with Crippen molar-refractivity contribution in [2.24, 2.45) is 0 Å². The molecular weight excluding hydrogens is 399 g/mol. The number of rotatable bonds is 5. The van der Waals surface area contributed by atoms with Gasteiger partial charge in [-0.2, -0.15) is 5.10 Å². The van der Waals surface area contributed by atoms with E-state index in [0.717, 1.165) is 49.7 Å². The number of aromatic nitrogens is 5. The highest BCUT2D eigenvalue weighted by atomic mass is 19.1. The van der Waals surface area contributed by atoms with Crippen LogP contribution in [0.2, 0.25) is 0 Å². The van der Waals surface area contributed by atoms with Gasteiger partial charge in [0.15, 0.2) is 11.2 Å². The summed E-state index contributed by atoms with van der Waals surface area (Å²) in [4.78, 5) is 15.3. The lowest BCUT2D eigenvalue weighted by atomic mass is 10.0. The monoisotopic (exact) mass is 422 g/mol. The second-order valence-corrected chi connectivity index (χ2v) is 7.62. The van der Waals surface area contributed by atoms with E-state index in [4.69, 9.17) is 9.84 Å². The first-order valence-electron chi connectivity index (χ1n) is 10.5. The van der Waals surface area contributed by atoms with Gasteiger partial charge in [0.1, 0.15) is 11.3 Å². The Kier molecular flexibility index (Phi) is 5.21. The second-order valence-electron chi connectivity index (χ2n) is 7.62. The number of fused-ring (bicyclic) bond motifs is 3. The third kappa shape index (κ3) is 3.60. The highest BCUT2D eigenvalue weighted by Crippen LogP contribution is 2.29. The van der Waals surface area contributed by atoms with Crippen LogP contribution >= 0.6 is 0 Å². The smallest absolute Gasteiger partial charge is 0.280 e. The van der Waals surface area contributed by atoms with Crippen LogP contribution in [-0.4, -0.2) is 62.1 Å². The Morgan fingerprint density at radius 1 is 1.06 bits per heavy atom. The minimum atomic E-state index is -0.299. The molecule has 4 heterocycles. The van der Waals surface area contributed by atoms with E-state index in [1.54, 1.807) is 27.4 Å². The van der Waals surface area contributed by atoms with E-state index in [2.05, 4.69) is 15.1 Å². The van der Waals surface area contributed by atoms with Crippen molar-refractivity contribution in [2.45, 2.75) is 19.9 Å². The molecule has 1 aromatic carbocycles. The van der Waals surface area contributed by atoms with Crippen molar-refractivity contribution in [3.05, 3.63) is 58.4 Å². The van der Waals surface area contributed by atoms with Gasteiger partial charge in [0.25, 0.3) is 5.56 Å². The van der Waals surface area contributed by atoms with Crippen molar-refractivity contribution in [1.29, 1.82) is 0 Å². The highest BCUT2D eigenvalue weighted by Gasteiger charge is 2.19. The van der Waals surface area contributed by atoms with Crippen LogP contribution in [0.15, 0.2) is 41.3 Å². The van der Waals surface area contributed by atoms with Gasteiger partial charge in [0, 0.05) is 32.4 Å². The van der Waals surface area contributed by atoms with Crippen LogP contribution in [0.25, 0.3) is 27.8 Å². The largest absolute Gasteiger partial charge is 0.379 e. The van der Waals surface area contributed by atoms with Gasteiger partial charge in [-0.1, -0.05) is 19.1 Å². The molecule has 0 amide bonds. The molecule has 0 radical (unpaired) electrons. The normalized spacial score (nSPS) is 15.2. The van der Waals surface area contributed by atoms with Crippen LogP contribution in [-0.2, 0) is 17.7 Å². The number of ether oxygens (including phenoxy) is 1. The molecule has 5 rings (SSSR count). The van der Waals surface area contributed by atoms with E-state index in [9.17, 15) is 9.18 Å². The number of hydrogen-bond acceptors (Lipinski definition) is 6. The van der Waals surface area contributed by atoms with Crippen LogP contribution in [0.3, 0.4) is 0 Å². The third-order valence-electron chi connectivity index (χ3n) is 5.75. The van der Waals surface area contributed by atoms with Gasteiger partial charge in [-0.25, -0.2) is 8.91 Å². The third-order valence-corrected chi connectivity index (χ3v) is 5.75. The molecule has 1 aliphatic rings. The molecule has 160 valence electrons. The molecule has 3 aromatic heterocycles. The molecule has 0 saturated carbocycles. The maximum absolute atomic E-state index is 13.4. The fourth-order valence-corrected chi connectivity index (χ4v) is 4.04. The SMILES string of the molecule is CCc1nn2c(nnc3c(=O)n(CCN4CCOCC4)ccc32)c1-c1ccc(F)cc1. The fourth-order valence-electron chi connectivity index (χ4n) is 4.04. The first kappa shape index (κ1) is 19.8. The van der Waals surface area contributed by atoms with Crippen LogP contribution in [0.4, 0.5) is 4.39 Å². The Morgan fingerprint density at radius 2 is 1.84 bits per heavy atom. The maximum Gasteiger partial charge on any atom is 0.280 e. The van der Waals surface area contributed by atoms with Gasteiger partial charge in [-0.3, -0.25) is 9.69 Å². The van der Waals surface area contributed by atoms with Crippen molar-refractivity contribution >= 4 is 16.7 Å². The van der Waals surface area contributed by atoms with Gasteiger partial charge in [-0.05, 0) is 30.2 Å². The molecule has 31 heavy (non-hydrogen) atoms. The molecule has 0 atom stereocenters. The predicted molar refractivity (Wildman–Crippen MR) is 115 cm³/mol. The van der Waals surface area contributed by atoms with Gasteiger partial charge in [0.2, 0.25) is 0 Å². The van der Waals surface area contributed by atoms with Gasteiger partial charge < -0.3 is 9.30 Å². The Labute approximate surface area is 177 Å². The zero-order valence-corrected chi connectivity index (χ0v) is 17.3. The molecule has 0 aliphatic carbocycles. The molecule has 9 heteroatoms. The van der Waals surface area contributed by atoms with E-state index in [-0.39, 0.29) is 16.9 Å². The predicted octanol–water partition coefficient (Wildman–Crippen LogP) is 2.14. The van der Waals surface area contributed by atoms with Crippen molar-refractivity contribution in [3.63, 3.8) is 0 Å². The summed E-state index contributed by atoms with van der Waals surface area (Å²) < 4.78 is 22.1. The number of nitrogens with zero attached hydrogens (tertiary/aromatic N) is 6. The average Bonchev–Trinajstić information content (AvgIpc) is 3.19. The van der Waals surface area contributed by atoms with Crippen LogP contribution in [0, 0.1) is 5.82 Å². The summed E-state index contributed by atoms with van der Waals surface area (Å²) in [6.45, 7) is 6.57. The Morgan fingerprint density at radius 3 is 2.58 bits per heavy atom. The minimum Gasteiger partial charge on any atom is -0.379 e. The summed E-state index contributed by atoms with van der Waals surface area (Å²) in [5.74, 6) is -0.299. The van der Waals surface area contributed by atoms with E-state index in [1.807, 2.05) is 13.0 Å². The van der Waals surface area contributed by atoms with Gasteiger partial charge in [-0.15, -0.1) is 10.2 Å². The number of pyridine rings is 1. The molecule has 1 fully saturated rings. The lowest BCUT2D eigenvalue weighted by Gasteiger charge is -2.26. The lowest BCUT2D eigenvalue weighted by Crippen LogP contribution is -2.39. The first-order valence-corrected chi connectivity index (χ1v) is 10.5. The lowest BCUT2D eigenvalue weighted by molar-refractivity contribution is 0.0363. The molecule has 4 aromatic rings. The number of morpholine rings is 1. The van der Waals surface area contributed by atoms with Crippen molar-refractivity contribution in [1.82, 2.24) is 29.3 Å². The Bertz CT molecular complexity index is 1290. The Hall–Kier alpha value is -3.17. The van der Waals surface area contributed by atoms with Crippen molar-refractivity contribution < 1.29 is 9.13 Å². The number of benzene rings is 1. The standard InChI is InChI=1S/C22H23FN6O2/c1-2-17-19(15-3-5-16(23)6-4-15)21-25-24-20-18(29(21)26-17)7-8-28(22(20)30)10-9-27-11-13-31-14-12-27/h3-8H,2,9-14H2,1H3. The summed E-state index contributed by atoms with van der Waals surface area (Å²) in [7, 11) is 0. The molecule has 0 unspecified atom stereocenters.